The molecule has 7 heteroatoms. The van der Waals surface area contributed by atoms with Crippen molar-refractivity contribution in [1.29, 1.82) is 0 Å². The van der Waals surface area contributed by atoms with Crippen LogP contribution in [0.3, 0.4) is 0 Å². The maximum atomic E-state index is 13.6. The lowest BCUT2D eigenvalue weighted by Crippen LogP contribution is -2.40. The molecule has 2 aromatic carbocycles. The van der Waals surface area contributed by atoms with E-state index >= 15 is 0 Å². The maximum Gasteiger partial charge on any atom is 0.257 e. The number of nitrogens with zero attached hydrogens (tertiary/aromatic N) is 3. The van der Waals surface area contributed by atoms with Crippen LogP contribution < -0.4 is 10.9 Å². The molecule has 35 heavy (non-hydrogen) atoms. The average molecular weight is 469 g/mol. The number of aryl methyl sites for hydroxylation is 1. The van der Waals surface area contributed by atoms with Crippen LogP contribution in [0.4, 0.5) is 0 Å². The highest BCUT2D eigenvalue weighted by Gasteiger charge is 2.25. The van der Waals surface area contributed by atoms with E-state index < -0.39 is 0 Å². The minimum absolute atomic E-state index is 0.100. The van der Waals surface area contributed by atoms with Crippen molar-refractivity contribution < 1.29 is 9.21 Å². The standard InChI is InChI=1S/C28H28N4O3/c1-20-9-11-22(12-10-20)27-30-25-18-31(17-21-6-3-2-4-7-21)14-13-24(25)28(34)32(27)19-26(33)29-16-23-8-5-15-35-23/h2-12,15H,13-14,16-19H2,1H3,(H,29,33). The molecule has 0 fully saturated rings. The van der Waals surface area contributed by atoms with Gasteiger partial charge in [0.1, 0.15) is 18.1 Å². The second-order valence-corrected chi connectivity index (χ2v) is 8.92. The Balaban J connectivity index is 1.45. The number of hydrogen-bond donors (Lipinski definition) is 1. The first-order valence-electron chi connectivity index (χ1n) is 11.8. The molecule has 178 valence electrons. The number of rotatable bonds is 7. The normalized spacial score (nSPS) is 13.4. The summed E-state index contributed by atoms with van der Waals surface area (Å²) >= 11 is 0. The fraction of sp³-hybridized carbons (Fsp3) is 0.250. The zero-order valence-electron chi connectivity index (χ0n) is 19.7. The number of aromatic nitrogens is 2. The Bertz CT molecular complexity index is 1360. The first-order valence-corrected chi connectivity index (χ1v) is 11.8. The maximum absolute atomic E-state index is 13.6. The van der Waals surface area contributed by atoms with Gasteiger partial charge in [0.05, 0.1) is 18.5 Å². The van der Waals surface area contributed by atoms with Crippen molar-refractivity contribution in [2.45, 2.75) is 39.5 Å². The van der Waals surface area contributed by atoms with Crippen molar-refractivity contribution in [2.75, 3.05) is 6.54 Å². The molecule has 0 atom stereocenters. The molecule has 0 aliphatic carbocycles. The molecule has 2 aromatic heterocycles. The highest BCUT2D eigenvalue weighted by molar-refractivity contribution is 5.76. The number of amides is 1. The number of benzene rings is 2. The molecule has 1 aliphatic rings. The fourth-order valence-corrected chi connectivity index (χ4v) is 4.43. The van der Waals surface area contributed by atoms with Crippen LogP contribution in [0.25, 0.3) is 11.4 Å². The number of nitrogens with one attached hydrogen (secondary N) is 1. The number of fused-ring (bicyclic) bond motifs is 1. The van der Waals surface area contributed by atoms with E-state index in [4.69, 9.17) is 9.40 Å². The molecule has 0 unspecified atom stereocenters. The van der Waals surface area contributed by atoms with E-state index in [0.29, 0.717) is 30.1 Å². The van der Waals surface area contributed by atoms with Crippen LogP contribution in [0.5, 0.6) is 0 Å². The molecule has 0 spiro atoms. The number of hydrogen-bond acceptors (Lipinski definition) is 5. The fourth-order valence-electron chi connectivity index (χ4n) is 4.43. The van der Waals surface area contributed by atoms with Gasteiger partial charge in [-0.05, 0) is 31.0 Å². The smallest absolute Gasteiger partial charge is 0.257 e. The van der Waals surface area contributed by atoms with Crippen molar-refractivity contribution in [1.82, 2.24) is 19.8 Å². The average Bonchev–Trinajstić information content (AvgIpc) is 3.39. The largest absolute Gasteiger partial charge is 0.467 e. The molecular formula is C28H28N4O3. The predicted octanol–water partition coefficient (Wildman–Crippen LogP) is 3.69. The van der Waals surface area contributed by atoms with Gasteiger partial charge in [0, 0.05) is 30.8 Å². The summed E-state index contributed by atoms with van der Waals surface area (Å²) in [5.74, 6) is 0.912. The van der Waals surface area contributed by atoms with Gasteiger partial charge in [0.2, 0.25) is 5.91 Å². The van der Waals surface area contributed by atoms with E-state index in [-0.39, 0.29) is 24.6 Å². The highest BCUT2D eigenvalue weighted by atomic mass is 16.3. The molecule has 3 heterocycles. The van der Waals surface area contributed by atoms with Crippen molar-refractivity contribution >= 4 is 5.91 Å². The second-order valence-electron chi connectivity index (χ2n) is 8.92. The molecule has 0 saturated carbocycles. The Morgan fingerprint density at radius 2 is 1.86 bits per heavy atom. The third-order valence-electron chi connectivity index (χ3n) is 6.30. The van der Waals surface area contributed by atoms with Crippen molar-refractivity contribution in [3.05, 3.63) is 111 Å². The molecule has 5 rings (SSSR count). The Hall–Kier alpha value is -3.97. The van der Waals surface area contributed by atoms with Crippen molar-refractivity contribution in [2.24, 2.45) is 0 Å². The number of furan rings is 1. The minimum Gasteiger partial charge on any atom is -0.467 e. The van der Waals surface area contributed by atoms with E-state index in [1.54, 1.807) is 18.4 Å². The third-order valence-corrected chi connectivity index (χ3v) is 6.30. The lowest BCUT2D eigenvalue weighted by molar-refractivity contribution is -0.121. The van der Waals surface area contributed by atoms with Crippen LogP contribution in [-0.4, -0.2) is 26.9 Å². The van der Waals surface area contributed by atoms with Crippen LogP contribution in [-0.2, 0) is 37.4 Å². The molecule has 0 bridgehead atoms. The lowest BCUT2D eigenvalue weighted by Gasteiger charge is -2.29. The van der Waals surface area contributed by atoms with E-state index in [0.717, 1.165) is 29.9 Å². The molecule has 0 radical (unpaired) electrons. The molecule has 1 N–H and O–H groups in total. The Morgan fingerprint density at radius 3 is 2.60 bits per heavy atom. The number of carbonyl (C=O) groups is 1. The SMILES string of the molecule is Cc1ccc(-c2nc3c(c(=O)n2CC(=O)NCc2ccco2)CCN(Cc2ccccc2)C3)cc1. The minimum atomic E-state index is -0.264. The highest BCUT2D eigenvalue weighted by Crippen LogP contribution is 2.22. The summed E-state index contributed by atoms with van der Waals surface area (Å²) in [5.41, 5.74) is 4.51. The zero-order valence-corrected chi connectivity index (χ0v) is 19.7. The predicted molar refractivity (Wildman–Crippen MR) is 133 cm³/mol. The van der Waals surface area contributed by atoms with Crippen LogP contribution >= 0.6 is 0 Å². The van der Waals surface area contributed by atoms with E-state index in [1.165, 1.54) is 10.1 Å². The number of carbonyl (C=O) groups excluding carboxylic acids is 1. The first kappa shape index (κ1) is 22.8. The molecule has 4 aromatic rings. The van der Waals surface area contributed by atoms with E-state index in [9.17, 15) is 9.59 Å². The summed E-state index contributed by atoms with van der Waals surface area (Å²) in [6.45, 7) is 4.36. The Kier molecular flexibility index (Phi) is 6.59. The van der Waals surface area contributed by atoms with Gasteiger partial charge in [0.15, 0.2) is 0 Å². The van der Waals surface area contributed by atoms with Gasteiger partial charge in [-0.15, -0.1) is 0 Å². The summed E-state index contributed by atoms with van der Waals surface area (Å²) in [6, 6.07) is 21.8. The van der Waals surface area contributed by atoms with Crippen LogP contribution in [0, 0.1) is 6.92 Å². The second kappa shape index (κ2) is 10.1. The summed E-state index contributed by atoms with van der Waals surface area (Å²) in [4.78, 5) is 33.6. The van der Waals surface area contributed by atoms with E-state index in [1.807, 2.05) is 49.4 Å². The van der Waals surface area contributed by atoms with Crippen molar-refractivity contribution in [3.8, 4) is 11.4 Å². The molecular weight excluding hydrogens is 440 g/mol. The summed E-state index contributed by atoms with van der Waals surface area (Å²) in [6.07, 6.45) is 2.17. The van der Waals surface area contributed by atoms with Gasteiger partial charge in [0.25, 0.3) is 5.56 Å². The molecule has 7 nitrogen and oxygen atoms in total. The van der Waals surface area contributed by atoms with Gasteiger partial charge in [-0.25, -0.2) is 4.98 Å². The zero-order chi connectivity index (χ0) is 24.2. The third kappa shape index (κ3) is 5.25. The molecule has 1 aliphatic heterocycles. The van der Waals surface area contributed by atoms with E-state index in [2.05, 4.69) is 22.3 Å². The van der Waals surface area contributed by atoms with Crippen molar-refractivity contribution in [3.63, 3.8) is 0 Å². The summed E-state index contributed by atoms with van der Waals surface area (Å²) in [5, 5.41) is 2.83. The van der Waals surface area contributed by atoms with Crippen LogP contribution in [0.2, 0.25) is 0 Å². The van der Waals surface area contributed by atoms with Crippen LogP contribution in [0.1, 0.15) is 28.1 Å². The Morgan fingerprint density at radius 1 is 1.06 bits per heavy atom. The quantitative estimate of drug-likeness (QED) is 0.448. The van der Waals surface area contributed by atoms with Gasteiger partial charge < -0.3 is 9.73 Å². The molecule has 1 amide bonds. The lowest BCUT2D eigenvalue weighted by atomic mass is 10.0. The summed E-state index contributed by atoms with van der Waals surface area (Å²) in [7, 11) is 0. The van der Waals surface area contributed by atoms with Gasteiger partial charge in [-0.3, -0.25) is 19.1 Å². The van der Waals surface area contributed by atoms with Gasteiger partial charge in [-0.2, -0.15) is 0 Å². The summed E-state index contributed by atoms with van der Waals surface area (Å²) < 4.78 is 6.80. The Labute approximate surface area is 204 Å². The monoisotopic (exact) mass is 468 g/mol. The van der Waals surface area contributed by atoms with Crippen LogP contribution in [0.15, 0.2) is 82.2 Å². The first-order chi connectivity index (χ1) is 17.1. The van der Waals surface area contributed by atoms with Gasteiger partial charge in [-0.1, -0.05) is 60.2 Å². The molecule has 0 saturated heterocycles. The topological polar surface area (TPSA) is 80.4 Å². The van der Waals surface area contributed by atoms with Gasteiger partial charge >= 0.3 is 0 Å².